The van der Waals surface area contributed by atoms with Gasteiger partial charge in [-0.1, -0.05) is 11.6 Å². The van der Waals surface area contributed by atoms with Crippen molar-refractivity contribution in [1.82, 2.24) is 4.90 Å². The fourth-order valence-corrected chi connectivity index (χ4v) is 3.54. The molecule has 1 amide bonds. The van der Waals surface area contributed by atoms with Gasteiger partial charge in [-0.05, 0) is 31.0 Å². The number of aliphatic hydroxyl groups is 1. The number of hydrogen-bond donors (Lipinski definition) is 1. The van der Waals surface area contributed by atoms with Crippen molar-refractivity contribution in [2.75, 3.05) is 19.3 Å². The number of sulfone groups is 1. The number of piperidine rings is 1. The fraction of sp³-hybridized carbons (Fsp3) is 0.462. The average Bonchev–Trinajstić information content (AvgIpc) is 2.37. The SMILES string of the molecule is CS(=O)(=O)c1cc(C(=O)N2CCC[C@H](O)C2)ccc1Cl. The highest BCUT2D eigenvalue weighted by molar-refractivity contribution is 7.90. The Morgan fingerprint density at radius 3 is 2.75 bits per heavy atom. The van der Waals surface area contributed by atoms with E-state index >= 15 is 0 Å². The number of carbonyl (C=O) groups excluding carboxylic acids is 1. The molecule has 5 nitrogen and oxygen atoms in total. The van der Waals surface area contributed by atoms with Crippen molar-refractivity contribution >= 4 is 27.3 Å². The normalized spacial score (nSPS) is 19.9. The van der Waals surface area contributed by atoms with Crippen LogP contribution in [0.2, 0.25) is 5.02 Å². The Morgan fingerprint density at radius 2 is 2.15 bits per heavy atom. The smallest absolute Gasteiger partial charge is 0.253 e. The molecule has 1 atom stereocenters. The summed E-state index contributed by atoms with van der Waals surface area (Å²) in [6.45, 7) is 0.836. The van der Waals surface area contributed by atoms with Crippen LogP contribution >= 0.6 is 11.6 Å². The van der Waals surface area contributed by atoms with Gasteiger partial charge in [0.2, 0.25) is 0 Å². The summed E-state index contributed by atoms with van der Waals surface area (Å²) in [7, 11) is -3.48. The van der Waals surface area contributed by atoms with E-state index in [1.165, 1.54) is 23.1 Å². The van der Waals surface area contributed by atoms with Crippen LogP contribution < -0.4 is 0 Å². The van der Waals surface area contributed by atoms with Gasteiger partial charge in [0.05, 0.1) is 16.0 Å². The molecule has 7 heteroatoms. The largest absolute Gasteiger partial charge is 0.391 e. The molecular formula is C13H16ClNO4S. The minimum atomic E-state index is -3.48. The van der Waals surface area contributed by atoms with Crippen LogP contribution in [-0.4, -0.2) is 49.8 Å². The summed E-state index contributed by atoms with van der Waals surface area (Å²) >= 11 is 5.85. The Balaban J connectivity index is 2.31. The molecule has 1 fully saturated rings. The molecule has 0 aliphatic carbocycles. The van der Waals surface area contributed by atoms with Crippen LogP contribution in [0.5, 0.6) is 0 Å². The second-order valence-electron chi connectivity index (χ2n) is 4.96. The molecule has 1 N–H and O–H groups in total. The number of aliphatic hydroxyl groups excluding tert-OH is 1. The number of amides is 1. The molecular weight excluding hydrogens is 302 g/mol. The molecule has 110 valence electrons. The summed E-state index contributed by atoms with van der Waals surface area (Å²) in [5, 5.41) is 9.69. The Morgan fingerprint density at radius 1 is 1.45 bits per heavy atom. The molecule has 1 aliphatic heterocycles. The first-order valence-electron chi connectivity index (χ1n) is 6.26. The van der Waals surface area contributed by atoms with Gasteiger partial charge in [-0.2, -0.15) is 0 Å². The minimum Gasteiger partial charge on any atom is -0.391 e. The van der Waals surface area contributed by atoms with Crippen molar-refractivity contribution in [2.45, 2.75) is 23.8 Å². The average molecular weight is 318 g/mol. The van der Waals surface area contributed by atoms with Gasteiger partial charge >= 0.3 is 0 Å². The third-order valence-corrected chi connectivity index (χ3v) is 4.84. The Hall–Kier alpha value is -1.11. The van der Waals surface area contributed by atoms with Crippen molar-refractivity contribution in [3.05, 3.63) is 28.8 Å². The van der Waals surface area contributed by atoms with E-state index in [1.807, 2.05) is 0 Å². The van der Waals surface area contributed by atoms with Gasteiger partial charge in [0.1, 0.15) is 0 Å². The second-order valence-corrected chi connectivity index (χ2v) is 7.36. The lowest BCUT2D eigenvalue weighted by molar-refractivity contribution is 0.0473. The van der Waals surface area contributed by atoms with Crippen LogP contribution in [0.3, 0.4) is 0 Å². The first-order valence-corrected chi connectivity index (χ1v) is 8.53. The maximum absolute atomic E-state index is 12.3. The zero-order valence-electron chi connectivity index (χ0n) is 11.0. The summed E-state index contributed by atoms with van der Waals surface area (Å²) in [6.07, 6.45) is 1.94. The fourth-order valence-electron chi connectivity index (χ4n) is 2.24. The summed E-state index contributed by atoms with van der Waals surface area (Å²) in [6, 6.07) is 4.20. The maximum atomic E-state index is 12.3. The Bertz CT molecular complexity index is 629. The van der Waals surface area contributed by atoms with Crippen molar-refractivity contribution in [1.29, 1.82) is 0 Å². The Labute approximate surface area is 123 Å². The van der Waals surface area contributed by atoms with Crippen molar-refractivity contribution in [2.24, 2.45) is 0 Å². The number of hydrogen-bond acceptors (Lipinski definition) is 4. The lowest BCUT2D eigenvalue weighted by atomic mass is 10.1. The number of halogens is 1. The monoisotopic (exact) mass is 317 g/mol. The van der Waals surface area contributed by atoms with Crippen molar-refractivity contribution < 1.29 is 18.3 Å². The molecule has 0 saturated carbocycles. The van der Waals surface area contributed by atoms with Gasteiger partial charge < -0.3 is 10.0 Å². The van der Waals surface area contributed by atoms with E-state index in [1.54, 1.807) is 0 Å². The topological polar surface area (TPSA) is 74.7 Å². The molecule has 0 bridgehead atoms. The number of likely N-dealkylation sites (tertiary alicyclic amines) is 1. The summed E-state index contributed by atoms with van der Waals surface area (Å²) in [5.74, 6) is -0.287. The predicted octanol–water partition coefficient (Wildman–Crippen LogP) is 1.34. The molecule has 0 spiro atoms. The van der Waals surface area contributed by atoms with Gasteiger partial charge in [-0.15, -0.1) is 0 Å². The third kappa shape index (κ3) is 3.31. The maximum Gasteiger partial charge on any atom is 0.253 e. The third-order valence-electron chi connectivity index (χ3n) is 3.26. The number of nitrogens with zero attached hydrogens (tertiary/aromatic N) is 1. The molecule has 0 unspecified atom stereocenters. The van der Waals surface area contributed by atoms with Crippen LogP contribution in [0.1, 0.15) is 23.2 Å². The summed E-state index contributed by atoms with van der Waals surface area (Å²) in [4.78, 5) is 13.8. The lowest BCUT2D eigenvalue weighted by Crippen LogP contribution is -2.42. The first-order chi connectivity index (χ1) is 9.29. The standard InChI is InChI=1S/C13H16ClNO4S/c1-20(18,19)12-7-9(4-5-11(12)14)13(17)15-6-2-3-10(16)8-15/h4-5,7,10,16H,2-3,6,8H2,1H3/t10-/m0/s1. The molecule has 1 aromatic rings. The molecule has 1 aliphatic rings. The van der Waals surface area contributed by atoms with Crippen LogP contribution in [0.25, 0.3) is 0 Å². The molecule has 2 rings (SSSR count). The van der Waals surface area contributed by atoms with E-state index in [2.05, 4.69) is 0 Å². The van der Waals surface area contributed by atoms with E-state index in [0.29, 0.717) is 13.0 Å². The van der Waals surface area contributed by atoms with E-state index in [9.17, 15) is 18.3 Å². The predicted molar refractivity (Wildman–Crippen MR) is 75.7 cm³/mol. The van der Waals surface area contributed by atoms with E-state index in [-0.39, 0.29) is 27.9 Å². The first kappa shape index (κ1) is 15.3. The highest BCUT2D eigenvalue weighted by atomic mass is 35.5. The van der Waals surface area contributed by atoms with Crippen LogP contribution in [0.15, 0.2) is 23.1 Å². The van der Waals surface area contributed by atoms with Crippen LogP contribution in [0.4, 0.5) is 0 Å². The molecule has 1 heterocycles. The van der Waals surface area contributed by atoms with E-state index in [0.717, 1.165) is 12.7 Å². The minimum absolute atomic E-state index is 0.0532. The van der Waals surface area contributed by atoms with Gasteiger partial charge in [-0.25, -0.2) is 8.42 Å². The summed E-state index contributed by atoms with van der Waals surface area (Å²) < 4.78 is 23.2. The quantitative estimate of drug-likeness (QED) is 0.893. The van der Waals surface area contributed by atoms with Crippen LogP contribution in [-0.2, 0) is 9.84 Å². The molecule has 1 aromatic carbocycles. The highest BCUT2D eigenvalue weighted by Gasteiger charge is 2.24. The molecule has 0 radical (unpaired) electrons. The van der Waals surface area contributed by atoms with Crippen molar-refractivity contribution in [3.63, 3.8) is 0 Å². The number of rotatable bonds is 2. The van der Waals surface area contributed by atoms with Gasteiger partial charge in [0.25, 0.3) is 5.91 Å². The van der Waals surface area contributed by atoms with Crippen LogP contribution in [0, 0.1) is 0 Å². The Kier molecular flexibility index (Phi) is 4.36. The van der Waals surface area contributed by atoms with Crippen molar-refractivity contribution in [3.8, 4) is 0 Å². The second kappa shape index (κ2) is 5.71. The number of benzene rings is 1. The number of β-amino-alcohol motifs (C(OH)–C–C–N with tert-alkyl or cyclic N) is 1. The zero-order chi connectivity index (χ0) is 14.9. The van der Waals surface area contributed by atoms with E-state index < -0.39 is 15.9 Å². The van der Waals surface area contributed by atoms with Gasteiger partial charge in [-0.3, -0.25) is 4.79 Å². The lowest BCUT2D eigenvalue weighted by Gasteiger charge is -2.30. The molecule has 20 heavy (non-hydrogen) atoms. The van der Waals surface area contributed by atoms with Gasteiger partial charge in [0.15, 0.2) is 9.84 Å². The zero-order valence-corrected chi connectivity index (χ0v) is 12.6. The molecule has 0 aromatic heterocycles. The van der Waals surface area contributed by atoms with Gasteiger partial charge in [0, 0.05) is 24.9 Å². The van der Waals surface area contributed by atoms with E-state index in [4.69, 9.17) is 11.6 Å². The number of carbonyl (C=O) groups is 1. The molecule has 1 saturated heterocycles. The highest BCUT2D eigenvalue weighted by Crippen LogP contribution is 2.24. The summed E-state index contributed by atoms with van der Waals surface area (Å²) in [5.41, 5.74) is 0.268.